The van der Waals surface area contributed by atoms with Crippen LogP contribution in [-0.2, 0) is 9.53 Å². The van der Waals surface area contributed by atoms with Gasteiger partial charge in [-0.25, -0.2) is 4.79 Å². The second-order valence-corrected chi connectivity index (χ2v) is 8.65. The largest absolute Gasteiger partial charge is 0.497 e. The minimum Gasteiger partial charge on any atom is -0.497 e. The molecule has 0 aromatic heterocycles. The van der Waals surface area contributed by atoms with Crippen molar-refractivity contribution in [2.24, 2.45) is 17.8 Å². The zero-order chi connectivity index (χ0) is 20.5. The molecule has 0 unspecified atom stereocenters. The fourth-order valence-electron chi connectivity index (χ4n) is 4.11. The maximum atomic E-state index is 13.1. The summed E-state index contributed by atoms with van der Waals surface area (Å²) in [6, 6.07) is 7.27. The molecule has 0 saturated heterocycles. The third-order valence-electron chi connectivity index (χ3n) is 5.42. The Labute approximate surface area is 166 Å². The van der Waals surface area contributed by atoms with Crippen LogP contribution in [-0.4, -0.2) is 30.8 Å². The first-order valence-corrected chi connectivity index (χ1v) is 9.80. The lowest BCUT2D eigenvalue weighted by molar-refractivity contribution is -0.127. The highest BCUT2D eigenvalue weighted by atomic mass is 16.6. The summed E-state index contributed by atoms with van der Waals surface area (Å²) < 4.78 is 10.6. The van der Waals surface area contributed by atoms with Crippen LogP contribution in [0.2, 0.25) is 0 Å². The van der Waals surface area contributed by atoms with Crippen LogP contribution in [0.5, 0.6) is 5.75 Å². The fraction of sp³-hybridized carbons (Fsp3) is 0.545. The third-order valence-corrected chi connectivity index (χ3v) is 5.42. The van der Waals surface area contributed by atoms with E-state index in [1.54, 1.807) is 7.11 Å². The minimum atomic E-state index is -0.571. The summed E-state index contributed by atoms with van der Waals surface area (Å²) in [6.07, 6.45) is 4.61. The third kappa shape index (κ3) is 4.49. The molecule has 6 nitrogen and oxygen atoms in total. The van der Waals surface area contributed by atoms with Crippen molar-refractivity contribution in [1.82, 2.24) is 10.6 Å². The molecule has 0 spiro atoms. The van der Waals surface area contributed by atoms with Gasteiger partial charge in [0.05, 0.1) is 25.1 Å². The number of benzene rings is 1. The Bertz CT molecular complexity index is 751. The number of hydrogen-bond donors (Lipinski definition) is 2. The number of alkyl carbamates (subject to hydrolysis) is 1. The lowest BCUT2D eigenvalue weighted by atomic mass is 9.87. The van der Waals surface area contributed by atoms with Gasteiger partial charge in [0, 0.05) is 0 Å². The van der Waals surface area contributed by atoms with Crippen molar-refractivity contribution in [2.75, 3.05) is 7.11 Å². The maximum Gasteiger partial charge on any atom is 0.407 e. The van der Waals surface area contributed by atoms with Gasteiger partial charge in [-0.1, -0.05) is 24.3 Å². The van der Waals surface area contributed by atoms with Crippen molar-refractivity contribution in [3.63, 3.8) is 0 Å². The molecule has 2 aliphatic rings. The van der Waals surface area contributed by atoms with E-state index in [2.05, 4.69) is 22.8 Å². The number of carbonyl (C=O) groups excluding carboxylic acids is 2. The van der Waals surface area contributed by atoms with E-state index in [4.69, 9.17) is 9.47 Å². The topological polar surface area (TPSA) is 76.7 Å². The number of nitrogens with one attached hydrogen (secondary N) is 2. The van der Waals surface area contributed by atoms with Crippen molar-refractivity contribution in [2.45, 2.75) is 51.8 Å². The number of hydrogen-bond acceptors (Lipinski definition) is 4. The first kappa shape index (κ1) is 20.2. The monoisotopic (exact) mass is 386 g/mol. The van der Waals surface area contributed by atoms with E-state index in [9.17, 15) is 9.59 Å². The molecule has 1 aromatic carbocycles. The van der Waals surface area contributed by atoms with Crippen LogP contribution in [0, 0.1) is 17.8 Å². The van der Waals surface area contributed by atoms with E-state index < -0.39 is 11.7 Å². The van der Waals surface area contributed by atoms with Crippen molar-refractivity contribution in [3.05, 3.63) is 42.0 Å². The van der Waals surface area contributed by atoms with Crippen LogP contribution < -0.4 is 15.4 Å². The molecule has 5 atom stereocenters. The summed E-state index contributed by atoms with van der Waals surface area (Å²) in [4.78, 5) is 25.3. The molecule has 152 valence electrons. The number of ether oxygens (including phenoxy) is 2. The van der Waals surface area contributed by atoms with Gasteiger partial charge in [-0.2, -0.15) is 0 Å². The molecule has 2 bridgehead atoms. The maximum absolute atomic E-state index is 13.1. The second kappa shape index (κ2) is 7.86. The number of amides is 2. The zero-order valence-corrected chi connectivity index (χ0v) is 17.2. The number of rotatable bonds is 5. The van der Waals surface area contributed by atoms with Crippen molar-refractivity contribution >= 4 is 12.0 Å². The van der Waals surface area contributed by atoms with Crippen LogP contribution in [0.25, 0.3) is 0 Å². The number of carbonyl (C=O) groups is 2. The highest BCUT2D eigenvalue weighted by Gasteiger charge is 2.49. The Kier molecular flexibility index (Phi) is 5.68. The predicted octanol–water partition coefficient (Wildman–Crippen LogP) is 3.59. The summed E-state index contributed by atoms with van der Waals surface area (Å²) in [5.74, 6) is 0.768. The first-order valence-electron chi connectivity index (χ1n) is 9.80. The molecule has 0 radical (unpaired) electrons. The van der Waals surface area contributed by atoms with Crippen LogP contribution in [0.3, 0.4) is 0 Å². The molecule has 2 aliphatic carbocycles. The lowest BCUT2D eigenvalue weighted by Gasteiger charge is -2.30. The highest BCUT2D eigenvalue weighted by molar-refractivity contribution is 5.82. The summed E-state index contributed by atoms with van der Waals surface area (Å²) in [5.41, 5.74) is 0.433. The molecule has 1 fully saturated rings. The Morgan fingerprint density at radius 1 is 1.11 bits per heavy atom. The van der Waals surface area contributed by atoms with Gasteiger partial charge >= 0.3 is 6.09 Å². The van der Waals surface area contributed by atoms with Crippen LogP contribution in [0.1, 0.15) is 45.7 Å². The minimum absolute atomic E-state index is 0.0405. The van der Waals surface area contributed by atoms with Crippen molar-refractivity contribution in [3.8, 4) is 5.75 Å². The molecule has 0 heterocycles. The molecule has 2 amide bonds. The number of allylic oxidation sites excluding steroid dienone is 1. The van der Waals surface area contributed by atoms with Crippen molar-refractivity contribution < 1.29 is 19.1 Å². The van der Waals surface area contributed by atoms with Crippen LogP contribution in [0.15, 0.2) is 36.4 Å². The first-order chi connectivity index (χ1) is 13.2. The van der Waals surface area contributed by atoms with E-state index in [1.807, 2.05) is 52.0 Å². The summed E-state index contributed by atoms with van der Waals surface area (Å²) in [7, 11) is 1.63. The standard InChI is InChI=1S/C22H30N2O4/c1-13(14-8-10-17(27-5)11-9-14)23-20(25)18-15-6-7-16(12-15)19(18)24-21(26)28-22(2,3)4/h6-11,13,15-16,18-19H,12H2,1-5H3,(H,23,25)(H,24,26)/t13-,15-,16+,18-,19-/m1/s1. The molecule has 2 N–H and O–H groups in total. The summed E-state index contributed by atoms with van der Waals surface area (Å²) in [6.45, 7) is 7.44. The van der Waals surface area contributed by atoms with Gasteiger partial charge in [-0.15, -0.1) is 0 Å². The van der Waals surface area contributed by atoms with Crippen molar-refractivity contribution in [1.29, 1.82) is 0 Å². The smallest absolute Gasteiger partial charge is 0.407 e. The SMILES string of the molecule is COc1ccc([C@@H](C)NC(=O)[C@H]2[C@H](NC(=O)OC(C)(C)C)[C@H]3C=C[C@@H]2C3)cc1. The Morgan fingerprint density at radius 2 is 1.75 bits per heavy atom. The predicted molar refractivity (Wildman–Crippen MR) is 107 cm³/mol. The van der Waals surface area contributed by atoms with E-state index in [0.717, 1.165) is 17.7 Å². The highest BCUT2D eigenvalue weighted by Crippen LogP contribution is 2.44. The molecule has 3 rings (SSSR count). The molecule has 6 heteroatoms. The second-order valence-electron chi connectivity index (χ2n) is 8.65. The molecular weight excluding hydrogens is 356 g/mol. The van der Waals surface area contributed by atoms with E-state index in [1.165, 1.54) is 0 Å². The molecule has 0 aliphatic heterocycles. The molecule has 1 aromatic rings. The summed E-state index contributed by atoms with van der Waals surface area (Å²) >= 11 is 0. The van der Waals surface area contributed by atoms with Gasteiger partial charge in [0.15, 0.2) is 0 Å². The van der Waals surface area contributed by atoms with Crippen LogP contribution >= 0.6 is 0 Å². The zero-order valence-electron chi connectivity index (χ0n) is 17.2. The van der Waals surface area contributed by atoms with Gasteiger partial charge in [-0.05, 0) is 63.6 Å². The van der Waals surface area contributed by atoms with Gasteiger partial charge in [0.1, 0.15) is 11.4 Å². The van der Waals surface area contributed by atoms with E-state index >= 15 is 0 Å². The van der Waals surface area contributed by atoms with E-state index in [-0.39, 0.29) is 35.7 Å². The quantitative estimate of drug-likeness (QED) is 0.758. The molecular formula is C22H30N2O4. The Hall–Kier alpha value is -2.50. The summed E-state index contributed by atoms with van der Waals surface area (Å²) in [5, 5.41) is 6.04. The Morgan fingerprint density at radius 3 is 2.36 bits per heavy atom. The normalized spacial score (nSPS) is 26.6. The average Bonchev–Trinajstić information content (AvgIpc) is 3.21. The van der Waals surface area contributed by atoms with Gasteiger partial charge in [0.25, 0.3) is 0 Å². The van der Waals surface area contributed by atoms with Gasteiger partial charge in [0.2, 0.25) is 5.91 Å². The van der Waals surface area contributed by atoms with E-state index in [0.29, 0.717) is 0 Å². The van der Waals surface area contributed by atoms with Crippen LogP contribution in [0.4, 0.5) is 4.79 Å². The number of methoxy groups -OCH3 is 1. The number of fused-ring (bicyclic) bond motifs is 2. The fourth-order valence-corrected chi connectivity index (χ4v) is 4.11. The average molecular weight is 386 g/mol. The lowest BCUT2D eigenvalue weighted by Crippen LogP contribution is -2.50. The van der Waals surface area contributed by atoms with Gasteiger partial charge < -0.3 is 20.1 Å². The Balaban J connectivity index is 1.66. The molecule has 1 saturated carbocycles. The molecule has 28 heavy (non-hydrogen) atoms. The van der Waals surface area contributed by atoms with Gasteiger partial charge in [-0.3, -0.25) is 4.79 Å².